The van der Waals surface area contributed by atoms with Crippen LogP contribution in [0.2, 0.25) is 0 Å². The third-order valence-electron chi connectivity index (χ3n) is 4.38. The van der Waals surface area contributed by atoms with Crippen LogP contribution in [-0.4, -0.2) is 30.3 Å². The molecule has 138 valence electrons. The molecule has 3 heterocycles. The fourth-order valence-corrected chi connectivity index (χ4v) is 3.00. The van der Waals surface area contributed by atoms with Crippen molar-refractivity contribution in [3.63, 3.8) is 0 Å². The van der Waals surface area contributed by atoms with Crippen molar-refractivity contribution in [2.45, 2.75) is 53.1 Å². The Morgan fingerprint density at radius 1 is 1.19 bits per heavy atom. The standard InChI is InChI=1S/C19H26N6O/c1-13(2)8-10-25-18(14(3)4)15(11-21-25)19(26)20-12-17-23-22-16-7-5-6-9-24(16)17/h5-7,9,11,13-14H,8,10,12H2,1-4H3,(H,20,26). The number of hydrogen-bond acceptors (Lipinski definition) is 4. The monoisotopic (exact) mass is 354 g/mol. The van der Waals surface area contributed by atoms with Gasteiger partial charge in [0.2, 0.25) is 0 Å². The van der Waals surface area contributed by atoms with Gasteiger partial charge in [0.05, 0.1) is 24.0 Å². The molecule has 0 aliphatic rings. The number of amides is 1. The predicted molar refractivity (Wildman–Crippen MR) is 99.9 cm³/mol. The van der Waals surface area contributed by atoms with E-state index in [4.69, 9.17) is 0 Å². The number of nitrogens with one attached hydrogen (secondary N) is 1. The highest BCUT2D eigenvalue weighted by Crippen LogP contribution is 2.20. The number of fused-ring (bicyclic) bond motifs is 1. The van der Waals surface area contributed by atoms with Gasteiger partial charge in [-0.25, -0.2) is 0 Å². The van der Waals surface area contributed by atoms with Gasteiger partial charge in [-0.3, -0.25) is 13.9 Å². The summed E-state index contributed by atoms with van der Waals surface area (Å²) in [7, 11) is 0. The molecule has 3 aromatic heterocycles. The van der Waals surface area contributed by atoms with Gasteiger partial charge in [-0.15, -0.1) is 10.2 Å². The summed E-state index contributed by atoms with van der Waals surface area (Å²) in [5.41, 5.74) is 2.38. The Hall–Kier alpha value is -2.70. The molecule has 0 saturated heterocycles. The minimum atomic E-state index is -0.128. The van der Waals surface area contributed by atoms with E-state index in [2.05, 4.69) is 48.3 Å². The molecule has 7 nitrogen and oxygen atoms in total. The van der Waals surface area contributed by atoms with E-state index < -0.39 is 0 Å². The molecule has 1 amide bonds. The van der Waals surface area contributed by atoms with Gasteiger partial charge in [0.1, 0.15) is 0 Å². The molecule has 0 saturated carbocycles. The Bertz CT molecular complexity index is 892. The fourth-order valence-electron chi connectivity index (χ4n) is 3.00. The van der Waals surface area contributed by atoms with Gasteiger partial charge >= 0.3 is 0 Å². The van der Waals surface area contributed by atoms with E-state index >= 15 is 0 Å². The van der Waals surface area contributed by atoms with E-state index in [9.17, 15) is 4.79 Å². The molecule has 0 fully saturated rings. The molecular formula is C19H26N6O. The molecule has 0 spiro atoms. The summed E-state index contributed by atoms with van der Waals surface area (Å²) in [6, 6.07) is 5.71. The molecule has 0 atom stereocenters. The van der Waals surface area contributed by atoms with Crippen molar-refractivity contribution in [3.05, 3.63) is 47.7 Å². The lowest BCUT2D eigenvalue weighted by Crippen LogP contribution is -2.25. The van der Waals surface area contributed by atoms with Gasteiger partial charge in [-0.2, -0.15) is 5.10 Å². The van der Waals surface area contributed by atoms with Crippen molar-refractivity contribution in [3.8, 4) is 0 Å². The lowest BCUT2D eigenvalue weighted by molar-refractivity contribution is 0.0948. The Morgan fingerprint density at radius 3 is 2.73 bits per heavy atom. The van der Waals surface area contributed by atoms with Crippen LogP contribution in [0.3, 0.4) is 0 Å². The second-order valence-electron chi connectivity index (χ2n) is 7.23. The summed E-state index contributed by atoms with van der Waals surface area (Å²) >= 11 is 0. The van der Waals surface area contributed by atoms with E-state index in [-0.39, 0.29) is 11.8 Å². The second-order valence-corrected chi connectivity index (χ2v) is 7.23. The summed E-state index contributed by atoms with van der Waals surface area (Å²) in [4.78, 5) is 12.7. The molecule has 3 aromatic rings. The zero-order chi connectivity index (χ0) is 18.7. The quantitative estimate of drug-likeness (QED) is 0.707. The van der Waals surface area contributed by atoms with Crippen molar-refractivity contribution in [2.75, 3.05) is 0 Å². The van der Waals surface area contributed by atoms with E-state index in [0.29, 0.717) is 23.9 Å². The minimum absolute atomic E-state index is 0.128. The molecule has 0 aromatic carbocycles. The van der Waals surface area contributed by atoms with E-state index in [1.165, 1.54) is 0 Å². The van der Waals surface area contributed by atoms with Gasteiger partial charge in [0.15, 0.2) is 11.5 Å². The first-order valence-electron chi connectivity index (χ1n) is 9.10. The third-order valence-corrected chi connectivity index (χ3v) is 4.38. The van der Waals surface area contributed by atoms with Gasteiger partial charge in [0, 0.05) is 12.7 Å². The minimum Gasteiger partial charge on any atom is -0.345 e. The smallest absolute Gasteiger partial charge is 0.255 e. The topological polar surface area (TPSA) is 77.1 Å². The highest BCUT2D eigenvalue weighted by Gasteiger charge is 2.20. The van der Waals surface area contributed by atoms with Crippen LogP contribution in [0.15, 0.2) is 30.6 Å². The number of hydrogen-bond donors (Lipinski definition) is 1. The summed E-state index contributed by atoms with van der Waals surface area (Å²) in [6.07, 6.45) is 4.60. The van der Waals surface area contributed by atoms with Crippen LogP contribution < -0.4 is 5.32 Å². The molecule has 1 N–H and O–H groups in total. The average molecular weight is 354 g/mol. The summed E-state index contributed by atoms with van der Waals surface area (Å²) < 4.78 is 3.84. The van der Waals surface area contributed by atoms with Crippen molar-refractivity contribution in [1.29, 1.82) is 0 Å². The number of nitrogens with zero attached hydrogens (tertiary/aromatic N) is 5. The maximum absolute atomic E-state index is 12.7. The Morgan fingerprint density at radius 2 is 2.00 bits per heavy atom. The van der Waals surface area contributed by atoms with E-state index in [1.54, 1.807) is 6.20 Å². The number of carbonyl (C=O) groups is 1. The highest BCUT2D eigenvalue weighted by molar-refractivity contribution is 5.95. The predicted octanol–water partition coefficient (Wildman–Crippen LogP) is 3.03. The Labute approximate surface area is 153 Å². The molecule has 7 heteroatoms. The molecule has 3 rings (SSSR count). The van der Waals surface area contributed by atoms with Crippen molar-refractivity contribution in [2.24, 2.45) is 5.92 Å². The van der Waals surface area contributed by atoms with Gasteiger partial charge < -0.3 is 5.32 Å². The highest BCUT2D eigenvalue weighted by atomic mass is 16.1. The maximum atomic E-state index is 12.7. The van der Waals surface area contributed by atoms with Crippen molar-refractivity contribution < 1.29 is 4.79 Å². The fraction of sp³-hybridized carbons (Fsp3) is 0.474. The molecular weight excluding hydrogens is 328 g/mol. The van der Waals surface area contributed by atoms with Gasteiger partial charge in [-0.05, 0) is 30.4 Å². The molecule has 0 radical (unpaired) electrons. The number of rotatable bonds is 7. The molecule has 0 aliphatic carbocycles. The summed E-state index contributed by atoms with van der Waals surface area (Å²) in [5.74, 6) is 1.39. The summed E-state index contributed by atoms with van der Waals surface area (Å²) in [6.45, 7) is 9.70. The third kappa shape index (κ3) is 3.76. The van der Waals surface area contributed by atoms with Gasteiger partial charge in [0.25, 0.3) is 5.91 Å². The zero-order valence-electron chi connectivity index (χ0n) is 15.8. The first kappa shape index (κ1) is 18.1. The van der Waals surface area contributed by atoms with Crippen LogP contribution in [0.4, 0.5) is 0 Å². The SMILES string of the molecule is CC(C)CCn1ncc(C(=O)NCc2nnc3ccccn23)c1C(C)C. The Kier molecular flexibility index (Phi) is 5.35. The molecule has 0 unspecified atom stereocenters. The van der Waals surface area contributed by atoms with Crippen molar-refractivity contribution >= 4 is 11.6 Å². The van der Waals surface area contributed by atoms with Crippen LogP contribution in [0.25, 0.3) is 5.65 Å². The molecule has 0 aliphatic heterocycles. The number of pyridine rings is 1. The number of aryl methyl sites for hydroxylation is 1. The van der Waals surface area contributed by atoms with E-state index in [0.717, 1.165) is 24.3 Å². The Balaban J connectivity index is 1.75. The second kappa shape index (κ2) is 7.68. The van der Waals surface area contributed by atoms with Gasteiger partial charge in [-0.1, -0.05) is 33.8 Å². The normalized spacial score (nSPS) is 11.6. The first-order chi connectivity index (χ1) is 12.5. The maximum Gasteiger partial charge on any atom is 0.255 e. The van der Waals surface area contributed by atoms with Crippen LogP contribution in [-0.2, 0) is 13.1 Å². The molecule has 26 heavy (non-hydrogen) atoms. The van der Waals surface area contributed by atoms with E-state index in [1.807, 2.05) is 33.5 Å². The first-order valence-corrected chi connectivity index (χ1v) is 9.10. The zero-order valence-corrected chi connectivity index (χ0v) is 15.8. The van der Waals surface area contributed by atoms with Crippen LogP contribution in [0, 0.1) is 5.92 Å². The lowest BCUT2D eigenvalue weighted by Gasteiger charge is -2.13. The number of carbonyl (C=O) groups excluding carboxylic acids is 1. The number of aromatic nitrogens is 5. The van der Waals surface area contributed by atoms with Crippen molar-refractivity contribution in [1.82, 2.24) is 29.7 Å². The largest absolute Gasteiger partial charge is 0.345 e. The average Bonchev–Trinajstić information content (AvgIpc) is 3.22. The lowest BCUT2D eigenvalue weighted by atomic mass is 10.0. The molecule has 0 bridgehead atoms. The van der Waals surface area contributed by atoms with Crippen LogP contribution >= 0.6 is 0 Å². The summed E-state index contributed by atoms with van der Waals surface area (Å²) in [5, 5.41) is 15.7. The van der Waals surface area contributed by atoms with Crippen LogP contribution in [0.5, 0.6) is 0 Å². The van der Waals surface area contributed by atoms with Crippen LogP contribution in [0.1, 0.15) is 61.9 Å².